The number of aromatic nitrogens is 2. The minimum atomic E-state index is 0.497. The lowest BCUT2D eigenvalue weighted by atomic mass is 10.1. The third-order valence-corrected chi connectivity index (χ3v) is 2.89. The van der Waals surface area contributed by atoms with Crippen LogP contribution >= 0.6 is 0 Å². The first-order valence-electron chi connectivity index (χ1n) is 5.51. The molecule has 1 aromatic heterocycles. The monoisotopic (exact) mass is 222 g/mol. The average Bonchev–Trinajstić information content (AvgIpc) is 2.32. The zero-order valence-electron chi connectivity index (χ0n) is 9.48. The van der Waals surface area contributed by atoms with Crippen molar-refractivity contribution in [2.24, 2.45) is 5.84 Å². The van der Waals surface area contributed by atoms with E-state index in [1.165, 1.54) is 6.33 Å². The molecule has 0 saturated carbocycles. The minimum absolute atomic E-state index is 0.497. The van der Waals surface area contributed by atoms with Gasteiger partial charge < -0.3 is 15.6 Å². The quantitative estimate of drug-likeness (QED) is 0.503. The second kappa shape index (κ2) is 5.09. The summed E-state index contributed by atoms with van der Waals surface area (Å²) in [6, 6.07) is 2.31. The van der Waals surface area contributed by atoms with Crippen LogP contribution in [0, 0.1) is 0 Å². The van der Waals surface area contributed by atoms with Crippen molar-refractivity contribution in [1.82, 2.24) is 14.9 Å². The fraction of sp³-hybridized carbons (Fsp3) is 0.600. The number of nitrogen functional groups attached to an aromatic ring is 1. The maximum Gasteiger partial charge on any atom is 0.145 e. The van der Waals surface area contributed by atoms with Gasteiger partial charge in [0.2, 0.25) is 0 Å². The van der Waals surface area contributed by atoms with Crippen LogP contribution in [0.15, 0.2) is 12.4 Å². The van der Waals surface area contributed by atoms with Crippen molar-refractivity contribution in [3.05, 3.63) is 12.4 Å². The molecular formula is C10H18N6. The topological polar surface area (TPSA) is 79.1 Å². The van der Waals surface area contributed by atoms with E-state index in [1.807, 2.05) is 6.07 Å². The van der Waals surface area contributed by atoms with Gasteiger partial charge in [0.25, 0.3) is 0 Å². The van der Waals surface area contributed by atoms with Crippen LogP contribution in [0.25, 0.3) is 0 Å². The number of likely N-dealkylation sites (tertiary alicyclic amines) is 1. The van der Waals surface area contributed by atoms with Gasteiger partial charge in [0.05, 0.1) is 0 Å². The number of nitrogens with two attached hydrogens (primary N) is 1. The molecule has 1 saturated heterocycles. The summed E-state index contributed by atoms with van der Waals surface area (Å²) in [5.74, 6) is 6.76. The van der Waals surface area contributed by atoms with Crippen molar-refractivity contribution in [3.8, 4) is 0 Å². The number of hydrazine groups is 1. The van der Waals surface area contributed by atoms with Crippen LogP contribution in [0.1, 0.15) is 12.8 Å². The molecule has 1 aromatic rings. The summed E-state index contributed by atoms with van der Waals surface area (Å²) < 4.78 is 0. The van der Waals surface area contributed by atoms with E-state index in [9.17, 15) is 0 Å². The van der Waals surface area contributed by atoms with E-state index in [4.69, 9.17) is 5.84 Å². The van der Waals surface area contributed by atoms with Gasteiger partial charge in [-0.2, -0.15) is 0 Å². The van der Waals surface area contributed by atoms with Crippen LogP contribution in [0.4, 0.5) is 11.6 Å². The summed E-state index contributed by atoms with van der Waals surface area (Å²) in [5.41, 5.74) is 2.51. The predicted octanol–water partition coefficient (Wildman–Crippen LogP) is 0.268. The van der Waals surface area contributed by atoms with Gasteiger partial charge in [-0.3, -0.25) is 0 Å². The molecule has 16 heavy (non-hydrogen) atoms. The third-order valence-electron chi connectivity index (χ3n) is 2.89. The lowest BCUT2D eigenvalue weighted by Gasteiger charge is -2.29. The Bertz CT molecular complexity index is 334. The first kappa shape index (κ1) is 11.1. The highest BCUT2D eigenvalue weighted by Crippen LogP contribution is 2.15. The van der Waals surface area contributed by atoms with E-state index < -0.39 is 0 Å². The highest BCUT2D eigenvalue weighted by molar-refractivity contribution is 5.46. The molecule has 0 aromatic carbocycles. The van der Waals surface area contributed by atoms with Crippen LogP contribution in [-0.2, 0) is 0 Å². The summed E-state index contributed by atoms with van der Waals surface area (Å²) in [5, 5.41) is 3.40. The van der Waals surface area contributed by atoms with Crippen LogP contribution in [0.3, 0.4) is 0 Å². The van der Waals surface area contributed by atoms with Crippen LogP contribution < -0.4 is 16.6 Å². The predicted molar refractivity (Wildman–Crippen MR) is 64.0 cm³/mol. The molecular weight excluding hydrogens is 204 g/mol. The summed E-state index contributed by atoms with van der Waals surface area (Å²) in [6.07, 6.45) is 3.80. The fourth-order valence-electron chi connectivity index (χ4n) is 1.88. The first-order chi connectivity index (χ1) is 7.78. The lowest BCUT2D eigenvalue weighted by Crippen LogP contribution is -2.36. The average molecular weight is 222 g/mol. The lowest BCUT2D eigenvalue weighted by molar-refractivity contribution is 0.263. The van der Waals surface area contributed by atoms with E-state index in [2.05, 4.69) is 32.7 Å². The zero-order chi connectivity index (χ0) is 11.4. The van der Waals surface area contributed by atoms with Gasteiger partial charge in [0.15, 0.2) is 0 Å². The molecule has 1 aliphatic heterocycles. The molecule has 1 aliphatic rings. The van der Waals surface area contributed by atoms with E-state index >= 15 is 0 Å². The molecule has 0 spiro atoms. The van der Waals surface area contributed by atoms with E-state index in [-0.39, 0.29) is 0 Å². The smallest absolute Gasteiger partial charge is 0.145 e. The Morgan fingerprint density at radius 1 is 1.31 bits per heavy atom. The van der Waals surface area contributed by atoms with Crippen LogP contribution in [0.5, 0.6) is 0 Å². The largest absolute Gasteiger partial charge is 0.367 e. The molecule has 0 bridgehead atoms. The van der Waals surface area contributed by atoms with Crippen LogP contribution in [-0.4, -0.2) is 41.0 Å². The summed E-state index contributed by atoms with van der Waals surface area (Å²) in [6.45, 7) is 2.26. The van der Waals surface area contributed by atoms with Gasteiger partial charge in [0.1, 0.15) is 18.0 Å². The highest BCUT2D eigenvalue weighted by atomic mass is 15.3. The molecule has 2 heterocycles. The zero-order valence-corrected chi connectivity index (χ0v) is 9.48. The third kappa shape index (κ3) is 2.80. The minimum Gasteiger partial charge on any atom is -0.367 e. The number of hydrogen-bond donors (Lipinski definition) is 3. The molecule has 0 radical (unpaired) electrons. The second-order valence-electron chi connectivity index (χ2n) is 4.15. The number of piperidine rings is 1. The van der Waals surface area contributed by atoms with E-state index in [1.54, 1.807) is 0 Å². The van der Waals surface area contributed by atoms with Gasteiger partial charge in [-0.15, -0.1) is 0 Å². The van der Waals surface area contributed by atoms with Gasteiger partial charge in [-0.1, -0.05) is 0 Å². The van der Waals surface area contributed by atoms with Crippen LogP contribution in [0.2, 0.25) is 0 Å². The molecule has 0 unspecified atom stereocenters. The maximum atomic E-state index is 5.30. The Morgan fingerprint density at radius 3 is 2.69 bits per heavy atom. The van der Waals surface area contributed by atoms with Crippen molar-refractivity contribution >= 4 is 11.6 Å². The van der Waals surface area contributed by atoms with Gasteiger partial charge in [-0.05, 0) is 33.0 Å². The molecule has 4 N–H and O–H groups in total. The molecule has 6 heteroatoms. The molecule has 0 aliphatic carbocycles. The van der Waals surface area contributed by atoms with Crippen molar-refractivity contribution < 1.29 is 0 Å². The van der Waals surface area contributed by atoms with Crippen molar-refractivity contribution in [1.29, 1.82) is 0 Å². The Hall–Kier alpha value is -1.40. The number of anilines is 2. The molecule has 88 valence electrons. The molecule has 0 atom stereocenters. The molecule has 2 rings (SSSR count). The first-order valence-corrected chi connectivity index (χ1v) is 5.51. The Balaban J connectivity index is 1.93. The van der Waals surface area contributed by atoms with Crippen molar-refractivity contribution in [2.45, 2.75) is 18.9 Å². The number of hydrogen-bond acceptors (Lipinski definition) is 6. The van der Waals surface area contributed by atoms with Gasteiger partial charge in [0, 0.05) is 12.1 Å². The summed E-state index contributed by atoms with van der Waals surface area (Å²) in [4.78, 5) is 10.5. The normalized spacial score (nSPS) is 18.4. The second-order valence-corrected chi connectivity index (χ2v) is 4.15. The number of nitrogens with zero attached hydrogens (tertiary/aromatic N) is 3. The number of nitrogens with one attached hydrogen (secondary N) is 2. The van der Waals surface area contributed by atoms with E-state index in [0.717, 1.165) is 31.7 Å². The van der Waals surface area contributed by atoms with Gasteiger partial charge >= 0.3 is 0 Å². The Labute approximate surface area is 95.2 Å². The molecule has 6 nitrogen and oxygen atoms in total. The fourth-order valence-corrected chi connectivity index (χ4v) is 1.88. The Morgan fingerprint density at radius 2 is 2.00 bits per heavy atom. The summed E-state index contributed by atoms with van der Waals surface area (Å²) in [7, 11) is 2.15. The van der Waals surface area contributed by atoms with Gasteiger partial charge in [-0.25, -0.2) is 15.8 Å². The number of rotatable bonds is 3. The molecule has 0 amide bonds. The summed E-state index contributed by atoms with van der Waals surface area (Å²) >= 11 is 0. The maximum absolute atomic E-state index is 5.30. The van der Waals surface area contributed by atoms with Crippen molar-refractivity contribution in [2.75, 3.05) is 30.9 Å². The molecule has 1 fully saturated rings. The standard InChI is InChI=1S/C10H18N6/c1-16-4-2-8(3-5-16)14-9-6-10(15-11)13-7-12-9/h6-8H,2-5,11H2,1H3,(H2,12,13,14,15). The Kier molecular flexibility index (Phi) is 3.53. The van der Waals surface area contributed by atoms with E-state index in [0.29, 0.717) is 11.9 Å². The van der Waals surface area contributed by atoms with Crippen molar-refractivity contribution in [3.63, 3.8) is 0 Å². The highest BCUT2D eigenvalue weighted by Gasteiger charge is 2.16. The SMILES string of the molecule is CN1CCC(Nc2cc(NN)ncn2)CC1.